The minimum Gasteiger partial charge on any atom is -0.453 e. The fraction of sp³-hybridized carbons (Fsp3) is 0.355. The van der Waals surface area contributed by atoms with Crippen LogP contribution in [-0.2, 0) is 21.5 Å². The van der Waals surface area contributed by atoms with Gasteiger partial charge in [-0.15, -0.1) is 10.2 Å². The summed E-state index contributed by atoms with van der Waals surface area (Å²) in [5.41, 5.74) is 0.915. The molecule has 0 spiro atoms. The predicted octanol–water partition coefficient (Wildman–Crippen LogP) is 3.83. The average Bonchev–Trinajstić information content (AvgIpc) is 3.51. The van der Waals surface area contributed by atoms with Gasteiger partial charge in [0.1, 0.15) is 18.1 Å². The molecule has 230 valence electrons. The Morgan fingerprint density at radius 3 is 2.36 bits per heavy atom. The lowest BCUT2D eigenvalue weighted by atomic mass is 9.88. The van der Waals surface area contributed by atoms with E-state index in [1.807, 2.05) is 32.9 Å². The van der Waals surface area contributed by atoms with Crippen LogP contribution in [0.4, 0.5) is 10.5 Å². The molecule has 3 heterocycles. The monoisotopic (exact) mass is 601 g/mol. The molecule has 4 rings (SSSR count). The van der Waals surface area contributed by atoms with Crippen LogP contribution in [0.15, 0.2) is 57.9 Å². The van der Waals surface area contributed by atoms with Crippen LogP contribution < -0.4 is 16.2 Å². The SMILES string of the molecule is COC(=O)Nc1c(C)nc(-c2ccccc2)n(CC(=O)NC(C(=O)c2nnc(C(C)(C)c3ccc(C)cn3)o2)C(C)C)c1=O. The van der Waals surface area contributed by atoms with Gasteiger partial charge in [-0.25, -0.2) is 9.78 Å². The fourth-order valence-electron chi connectivity index (χ4n) is 4.47. The van der Waals surface area contributed by atoms with E-state index < -0.39 is 41.3 Å². The zero-order valence-electron chi connectivity index (χ0n) is 25.7. The number of aryl methyl sites for hydroxylation is 2. The molecule has 13 nitrogen and oxygen atoms in total. The maximum atomic E-state index is 13.5. The van der Waals surface area contributed by atoms with E-state index in [9.17, 15) is 19.2 Å². The van der Waals surface area contributed by atoms with E-state index in [0.717, 1.165) is 17.2 Å². The van der Waals surface area contributed by atoms with Gasteiger partial charge in [0.25, 0.3) is 11.4 Å². The molecule has 44 heavy (non-hydrogen) atoms. The molecule has 1 aromatic carbocycles. The van der Waals surface area contributed by atoms with Crippen molar-refractivity contribution in [1.82, 2.24) is 30.0 Å². The Balaban J connectivity index is 1.62. The Bertz CT molecular complexity index is 1730. The first-order chi connectivity index (χ1) is 20.8. The highest BCUT2D eigenvalue weighted by molar-refractivity contribution is 5.98. The molecule has 2 amide bonds. The van der Waals surface area contributed by atoms with Gasteiger partial charge < -0.3 is 14.5 Å². The van der Waals surface area contributed by atoms with Gasteiger partial charge in [-0.2, -0.15) is 0 Å². The minimum atomic E-state index is -1.04. The zero-order chi connectivity index (χ0) is 32.2. The van der Waals surface area contributed by atoms with Crippen LogP contribution in [0, 0.1) is 19.8 Å². The van der Waals surface area contributed by atoms with E-state index in [1.165, 1.54) is 0 Å². The molecule has 13 heteroatoms. The third-order valence-electron chi connectivity index (χ3n) is 7.08. The highest BCUT2D eigenvalue weighted by Gasteiger charge is 2.35. The molecule has 1 unspecified atom stereocenters. The largest absolute Gasteiger partial charge is 0.453 e. The van der Waals surface area contributed by atoms with E-state index in [2.05, 4.69) is 35.5 Å². The number of hydrogen-bond donors (Lipinski definition) is 2. The number of aromatic nitrogens is 5. The van der Waals surface area contributed by atoms with Crippen LogP contribution in [0.1, 0.15) is 61.2 Å². The Morgan fingerprint density at radius 2 is 1.75 bits per heavy atom. The summed E-state index contributed by atoms with van der Waals surface area (Å²) in [5, 5.41) is 13.2. The first-order valence-corrected chi connectivity index (χ1v) is 14.0. The van der Waals surface area contributed by atoms with Crippen molar-refractivity contribution in [2.75, 3.05) is 12.4 Å². The predicted molar refractivity (Wildman–Crippen MR) is 161 cm³/mol. The van der Waals surface area contributed by atoms with Crippen molar-refractivity contribution in [3.8, 4) is 11.4 Å². The summed E-state index contributed by atoms with van der Waals surface area (Å²) < 4.78 is 11.6. The van der Waals surface area contributed by atoms with Gasteiger partial charge in [0.15, 0.2) is 0 Å². The number of ketones is 1. The summed E-state index contributed by atoms with van der Waals surface area (Å²) in [6.45, 7) is 10.2. The number of Topliss-reactive ketones (excluding diaryl/α,β-unsaturated/α-hetero) is 1. The summed E-state index contributed by atoms with van der Waals surface area (Å²) in [6.07, 6.45) is 0.873. The molecule has 0 aliphatic heterocycles. The quantitative estimate of drug-likeness (QED) is 0.255. The average molecular weight is 602 g/mol. The minimum absolute atomic E-state index is 0.134. The van der Waals surface area contributed by atoms with Crippen molar-refractivity contribution >= 4 is 23.5 Å². The lowest BCUT2D eigenvalue weighted by Crippen LogP contribution is -2.47. The van der Waals surface area contributed by atoms with Crippen molar-refractivity contribution in [3.63, 3.8) is 0 Å². The van der Waals surface area contributed by atoms with Gasteiger partial charge in [0.05, 0.1) is 30.0 Å². The number of benzene rings is 1. The highest BCUT2D eigenvalue weighted by Crippen LogP contribution is 2.29. The summed E-state index contributed by atoms with van der Waals surface area (Å²) in [6, 6.07) is 11.6. The first kappa shape index (κ1) is 31.7. The number of methoxy groups -OCH3 is 1. The van der Waals surface area contributed by atoms with Gasteiger partial charge in [-0.1, -0.05) is 50.2 Å². The molecule has 1 atom stereocenters. The second-order valence-electron chi connectivity index (χ2n) is 11.2. The van der Waals surface area contributed by atoms with Crippen molar-refractivity contribution in [1.29, 1.82) is 0 Å². The molecule has 0 saturated carbocycles. The van der Waals surface area contributed by atoms with Gasteiger partial charge in [-0.05, 0) is 45.2 Å². The lowest BCUT2D eigenvalue weighted by Gasteiger charge is -2.21. The standard InChI is InChI=1S/C31H35N7O6/c1-17(2)23(25(40)27-36-37-29(44-27)31(5,6)21-14-13-18(3)15-32-21)34-22(39)16-38-26(20-11-9-8-10-12-20)33-19(4)24(28(38)41)35-30(42)43-7/h8-15,17,23H,16H2,1-7H3,(H,34,39)(H,35,42). The van der Waals surface area contributed by atoms with Crippen LogP contribution in [0.25, 0.3) is 11.4 Å². The fourth-order valence-corrected chi connectivity index (χ4v) is 4.47. The third-order valence-corrected chi connectivity index (χ3v) is 7.08. The molecule has 4 aromatic rings. The summed E-state index contributed by atoms with van der Waals surface area (Å²) in [7, 11) is 1.16. The van der Waals surface area contributed by atoms with Crippen molar-refractivity contribution in [3.05, 3.63) is 87.7 Å². The van der Waals surface area contributed by atoms with E-state index in [4.69, 9.17) is 4.42 Å². The van der Waals surface area contributed by atoms with E-state index in [-0.39, 0.29) is 34.9 Å². The number of pyridine rings is 1. The number of carbonyl (C=O) groups is 3. The molecule has 0 fully saturated rings. The number of ether oxygens (including phenoxy) is 1. The van der Waals surface area contributed by atoms with E-state index >= 15 is 0 Å². The summed E-state index contributed by atoms with van der Waals surface area (Å²) >= 11 is 0. The van der Waals surface area contributed by atoms with E-state index in [1.54, 1.807) is 57.3 Å². The maximum absolute atomic E-state index is 13.5. The molecule has 0 bridgehead atoms. The molecular formula is C31H35N7O6. The number of rotatable bonds is 10. The maximum Gasteiger partial charge on any atom is 0.411 e. The lowest BCUT2D eigenvalue weighted by molar-refractivity contribution is -0.122. The number of amides is 2. The molecular weight excluding hydrogens is 566 g/mol. The number of nitrogens with zero attached hydrogens (tertiary/aromatic N) is 5. The molecule has 0 saturated heterocycles. The normalized spacial score (nSPS) is 12.1. The molecule has 2 N–H and O–H groups in total. The van der Waals surface area contributed by atoms with Gasteiger partial charge in [0, 0.05) is 11.8 Å². The van der Waals surface area contributed by atoms with Gasteiger partial charge in [0.2, 0.25) is 17.6 Å². The highest BCUT2D eigenvalue weighted by atomic mass is 16.5. The Hall–Kier alpha value is -5.20. The van der Waals surface area contributed by atoms with Crippen molar-refractivity contribution in [2.45, 2.75) is 59.5 Å². The topological polar surface area (TPSA) is 171 Å². The van der Waals surface area contributed by atoms with Crippen LogP contribution in [0.3, 0.4) is 0 Å². The number of carbonyl (C=O) groups excluding carboxylic acids is 3. The number of hydrogen-bond acceptors (Lipinski definition) is 10. The van der Waals surface area contributed by atoms with Crippen molar-refractivity contribution in [2.24, 2.45) is 5.92 Å². The molecule has 0 aliphatic rings. The first-order valence-electron chi connectivity index (χ1n) is 14.0. The number of anilines is 1. The second-order valence-corrected chi connectivity index (χ2v) is 11.2. The van der Waals surface area contributed by atoms with Gasteiger partial charge >= 0.3 is 6.09 Å². The third kappa shape index (κ3) is 6.72. The summed E-state index contributed by atoms with van der Waals surface area (Å²) in [5.74, 6) is -1.45. The number of nitrogens with one attached hydrogen (secondary N) is 2. The second kappa shape index (κ2) is 13.0. The summed E-state index contributed by atoms with van der Waals surface area (Å²) in [4.78, 5) is 61.4. The smallest absolute Gasteiger partial charge is 0.411 e. The molecule has 0 radical (unpaired) electrons. The van der Waals surface area contributed by atoms with Gasteiger partial charge in [-0.3, -0.25) is 29.3 Å². The molecule has 3 aromatic heterocycles. The van der Waals surface area contributed by atoms with Crippen LogP contribution in [0.2, 0.25) is 0 Å². The molecule has 0 aliphatic carbocycles. The van der Waals surface area contributed by atoms with Crippen LogP contribution in [0.5, 0.6) is 0 Å². The Morgan fingerprint density at radius 1 is 1.05 bits per heavy atom. The zero-order valence-corrected chi connectivity index (χ0v) is 25.7. The van der Waals surface area contributed by atoms with Crippen LogP contribution >= 0.6 is 0 Å². The Kier molecular flexibility index (Phi) is 9.36. The van der Waals surface area contributed by atoms with Crippen molar-refractivity contribution < 1.29 is 23.5 Å². The van der Waals surface area contributed by atoms with Crippen LogP contribution in [-0.4, -0.2) is 55.7 Å². The Labute approximate surface area is 254 Å². The van der Waals surface area contributed by atoms with E-state index in [0.29, 0.717) is 11.3 Å².